The van der Waals surface area contributed by atoms with E-state index in [2.05, 4.69) is 11.4 Å². The molecule has 2 aromatic rings. The molecule has 1 saturated heterocycles. The number of rotatable bonds is 4. The molecule has 0 unspecified atom stereocenters. The van der Waals surface area contributed by atoms with Crippen molar-refractivity contribution in [2.75, 3.05) is 11.9 Å². The Bertz CT molecular complexity index is 1230. The molecule has 2 heterocycles. The Morgan fingerprint density at radius 3 is 2.63 bits per heavy atom. The molecule has 9 heteroatoms. The van der Waals surface area contributed by atoms with Crippen molar-refractivity contribution in [3.8, 4) is 6.07 Å². The summed E-state index contributed by atoms with van der Waals surface area (Å²) in [5, 5.41) is 22.8. The van der Waals surface area contributed by atoms with Gasteiger partial charge in [0.15, 0.2) is 0 Å². The second-order valence-corrected chi connectivity index (χ2v) is 10.1. The van der Waals surface area contributed by atoms with Gasteiger partial charge >= 0.3 is 6.09 Å². The van der Waals surface area contributed by atoms with Crippen molar-refractivity contribution in [2.45, 2.75) is 56.7 Å². The predicted octanol–water partition coefficient (Wildman–Crippen LogP) is 3.53. The number of benzene rings is 2. The lowest BCUT2D eigenvalue weighted by Crippen LogP contribution is -2.59. The number of para-hydroxylation sites is 1. The van der Waals surface area contributed by atoms with Crippen molar-refractivity contribution in [3.63, 3.8) is 0 Å². The zero-order valence-corrected chi connectivity index (χ0v) is 19.8. The van der Waals surface area contributed by atoms with E-state index >= 15 is 0 Å². The zero-order chi connectivity index (χ0) is 25.5. The van der Waals surface area contributed by atoms with Crippen LogP contribution in [0.3, 0.4) is 0 Å². The molecule has 35 heavy (non-hydrogen) atoms. The number of nitrogens with one attached hydrogen (secondary N) is 1. The summed E-state index contributed by atoms with van der Waals surface area (Å²) in [6.07, 6.45) is -1.28. The van der Waals surface area contributed by atoms with Crippen LogP contribution in [0, 0.1) is 17.1 Å². The van der Waals surface area contributed by atoms with E-state index < -0.39 is 40.9 Å². The molecular weight excluding hydrogens is 451 g/mol. The van der Waals surface area contributed by atoms with Gasteiger partial charge in [-0.05, 0) is 50.1 Å². The van der Waals surface area contributed by atoms with Crippen molar-refractivity contribution in [1.29, 1.82) is 5.26 Å². The van der Waals surface area contributed by atoms with Crippen LogP contribution in [0.25, 0.3) is 0 Å². The maximum atomic E-state index is 14.0. The van der Waals surface area contributed by atoms with Crippen molar-refractivity contribution >= 4 is 23.6 Å². The van der Waals surface area contributed by atoms with Crippen LogP contribution in [-0.4, -0.2) is 57.0 Å². The number of halogens is 1. The number of nitrogens with zero attached hydrogens (tertiary/aromatic N) is 3. The molecule has 2 aliphatic rings. The third-order valence-corrected chi connectivity index (χ3v) is 6.76. The molecule has 3 amide bonds. The van der Waals surface area contributed by atoms with E-state index in [4.69, 9.17) is 0 Å². The minimum Gasteiger partial charge on any atom is -0.465 e. The Balaban J connectivity index is 1.75. The number of fused-ring (bicyclic) bond motifs is 2. The zero-order valence-electron chi connectivity index (χ0n) is 19.8. The van der Waals surface area contributed by atoms with E-state index in [0.29, 0.717) is 16.8 Å². The van der Waals surface area contributed by atoms with E-state index in [9.17, 15) is 29.1 Å². The maximum Gasteiger partial charge on any atom is 0.408 e. The number of likely N-dealkylation sites (tertiary alicyclic amines) is 1. The van der Waals surface area contributed by atoms with Crippen molar-refractivity contribution in [3.05, 3.63) is 65.5 Å². The molecule has 1 spiro atoms. The fraction of sp³-hybridized carbons (Fsp3) is 0.385. The number of amides is 3. The lowest BCUT2D eigenvalue weighted by Gasteiger charge is -2.40. The van der Waals surface area contributed by atoms with Crippen LogP contribution < -0.4 is 5.32 Å². The molecule has 0 saturated carbocycles. The predicted molar refractivity (Wildman–Crippen MR) is 126 cm³/mol. The molecular formula is C26H27FN4O4. The molecule has 0 radical (unpaired) electrons. The standard InChI is InChI=1S/C26H27FN4O4/c1-25(2,3)31(24(34)35)21(12-16-7-6-8-17(27)11-16)22(32)30-15-26(13-18(30)14-28)19-9-4-5-10-20(19)29-23(26)33/h4-11,18,21H,12-13,15H2,1-3H3,(H,29,33)(H,34,35)/t18-,21-,26-/m0/s1. The van der Waals surface area contributed by atoms with Gasteiger partial charge in [0.2, 0.25) is 11.8 Å². The van der Waals surface area contributed by atoms with Crippen molar-refractivity contribution < 1.29 is 23.9 Å². The Labute approximate surface area is 202 Å². The van der Waals surface area contributed by atoms with Crippen LogP contribution in [0.2, 0.25) is 0 Å². The van der Waals surface area contributed by atoms with Crippen LogP contribution in [-0.2, 0) is 21.4 Å². The summed E-state index contributed by atoms with van der Waals surface area (Å²) in [5.74, 6) is -1.38. The Morgan fingerprint density at radius 1 is 1.29 bits per heavy atom. The van der Waals surface area contributed by atoms with Crippen LogP contribution >= 0.6 is 0 Å². The van der Waals surface area contributed by atoms with Gasteiger partial charge in [-0.15, -0.1) is 0 Å². The third kappa shape index (κ3) is 4.20. The van der Waals surface area contributed by atoms with Crippen LogP contribution in [0.4, 0.5) is 14.9 Å². The van der Waals surface area contributed by atoms with Gasteiger partial charge in [0.25, 0.3) is 0 Å². The molecule has 4 rings (SSSR count). The molecule has 3 atom stereocenters. The van der Waals surface area contributed by atoms with Crippen LogP contribution in [0.15, 0.2) is 48.5 Å². The highest BCUT2D eigenvalue weighted by Gasteiger charge is 2.57. The van der Waals surface area contributed by atoms with Crippen molar-refractivity contribution in [1.82, 2.24) is 9.80 Å². The second kappa shape index (κ2) is 8.69. The molecule has 0 aliphatic carbocycles. The highest BCUT2D eigenvalue weighted by atomic mass is 19.1. The topological polar surface area (TPSA) is 114 Å². The molecule has 2 aromatic carbocycles. The molecule has 0 aromatic heterocycles. The van der Waals surface area contributed by atoms with Gasteiger partial charge in [0.05, 0.1) is 11.5 Å². The molecule has 2 N–H and O–H groups in total. The SMILES string of the molecule is CC(C)(C)N(C(=O)O)[C@@H](Cc1cccc(F)c1)C(=O)N1C[C@]2(C[C@H]1C#N)C(=O)Nc1ccccc12. The van der Waals surface area contributed by atoms with Gasteiger partial charge in [0, 0.05) is 30.6 Å². The summed E-state index contributed by atoms with van der Waals surface area (Å²) in [7, 11) is 0. The van der Waals surface area contributed by atoms with E-state index in [-0.39, 0.29) is 25.3 Å². The first-order valence-corrected chi connectivity index (χ1v) is 11.4. The van der Waals surface area contributed by atoms with E-state index in [1.54, 1.807) is 51.1 Å². The summed E-state index contributed by atoms with van der Waals surface area (Å²) in [6, 6.07) is 12.8. The Morgan fingerprint density at radius 2 is 2.00 bits per heavy atom. The smallest absolute Gasteiger partial charge is 0.408 e. The summed E-state index contributed by atoms with van der Waals surface area (Å²) in [4.78, 5) is 41.8. The fourth-order valence-corrected chi connectivity index (χ4v) is 5.24. The first-order chi connectivity index (χ1) is 16.5. The van der Waals surface area contributed by atoms with E-state index in [1.807, 2.05) is 0 Å². The monoisotopic (exact) mass is 478 g/mol. The van der Waals surface area contributed by atoms with Gasteiger partial charge in [-0.1, -0.05) is 30.3 Å². The lowest BCUT2D eigenvalue weighted by atomic mass is 9.80. The largest absolute Gasteiger partial charge is 0.465 e. The van der Waals surface area contributed by atoms with Gasteiger partial charge < -0.3 is 15.3 Å². The highest BCUT2D eigenvalue weighted by molar-refractivity contribution is 6.07. The number of nitriles is 1. The number of hydrogen-bond acceptors (Lipinski definition) is 4. The van der Waals surface area contributed by atoms with Gasteiger partial charge in [-0.3, -0.25) is 14.5 Å². The molecule has 8 nitrogen and oxygen atoms in total. The van der Waals surface area contributed by atoms with E-state index in [0.717, 1.165) is 4.90 Å². The van der Waals surface area contributed by atoms with Crippen LogP contribution in [0.1, 0.15) is 38.3 Å². The number of hydrogen-bond donors (Lipinski definition) is 2. The van der Waals surface area contributed by atoms with Crippen LogP contribution in [0.5, 0.6) is 0 Å². The summed E-state index contributed by atoms with van der Waals surface area (Å²) < 4.78 is 13.9. The molecule has 2 aliphatic heterocycles. The normalized spacial score (nSPS) is 21.9. The van der Waals surface area contributed by atoms with Gasteiger partial charge in [-0.2, -0.15) is 5.26 Å². The first kappa shape index (κ1) is 24.2. The average molecular weight is 479 g/mol. The minimum absolute atomic E-state index is 0.0514. The summed E-state index contributed by atoms with van der Waals surface area (Å²) in [6.45, 7) is 4.95. The number of carbonyl (C=O) groups is 3. The fourth-order valence-electron chi connectivity index (χ4n) is 5.24. The van der Waals surface area contributed by atoms with E-state index in [1.165, 1.54) is 23.1 Å². The maximum absolute atomic E-state index is 14.0. The average Bonchev–Trinajstić information content (AvgIpc) is 3.30. The van der Waals surface area contributed by atoms with Crippen molar-refractivity contribution in [2.24, 2.45) is 0 Å². The number of carboxylic acid groups (broad SMARTS) is 1. The lowest BCUT2D eigenvalue weighted by molar-refractivity contribution is -0.138. The third-order valence-electron chi connectivity index (χ3n) is 6.76. The highest BCUT2D eigenvalue weighted by Crippen LogP contribution is 2.46. The summed E-state index contributed by atoms with van der Waals surface area (Å²) in [5.41, 5.74) is -0.248. The molecule has 1 fully saturated rings. The number of anilines is 1. The van der Waals surface area contributed by atoms with Gasteiger partial charge in [0.1, 0.15) is 17.9 Å². The quantitative estimate of drug-likeness (QED) is 0.698. The first-order valence-electron chi connectivity index (χ1n) is 11.4. The molecule has 182 valence electrons. The van der Waals surface area contributed by atoms with Gasteiger partial charge in [-0.25, -0.2) is 9.18 Å². The Hall–Kier alpha value is -3.93. The Kier molecular flexibility index (Phi) is 6.01. The number of carbonyl (C=O) groups excluding carboxylic acids is 2. The molecule has 0 bridgehead atoms. The minimum atomic E-state index is -1.31. The second-order valence-electron chi connectivity index (χ2n) is 10.1. The summed E-state index contributed by atoms with van der Waals surface area (Å²) >= 11 is 0.